The van der Waals surface area contributed by atoms with Crippen molar-refractivity contribution < 1.29 is 4.79 Å². The smallest absolute Gasteiger partial charge is 0.222 e. The van der Waals surface area contributed by atoms with Crippen molar-refractivity contribution in [2.45, 2.75) is 51.1 Å². The van der Waals surface area contributed by atoms with Crippen LogP contribution >= 0.6 is 11.8 Å². The lowest BCUT2D eigenvalue weighted by molar-refractivity contribution is -0.131. The first-order valence-electron chi connectivity index (χ1n) is 6.63. The van der Waals surface area contributed by atoms with E-state index in [1.807, 2.05) is 11.9 Å². The van der Waals surface area contributed by atoms with Crippen molar-refractivity contribution in [2.75, 3.05) is 25.6 Å². The SMILES string of the molecule is CSCC(C)N(C)C(=O)CCC1CCCCN1. The van der Waals surface area contributed by atoms with Crippen LogP contribution in [0.2, 0.25) is 0 Å². The van der Waals surface area contributed by atoms with Gasteiger partial charge in [-0.1, -0.05) is 6.42 Å². The lowest BCUT2D eigenvalue weighted by Gasteiger charge is -2.27. The number of piperidine rings is 1. The molecule has 1 aliphatic heterocycles. The number of hydrogen-bond donors (Lipinski definition) is 1. The summed E-state index contributed by atoms with van der Waals surface area (Å²) in [6.07, 6.45) is 7.60. The van der Waals surface area contributed by atoms with Gasteiger partial charge in [-0.3, -0.25) is 4.79 Å². The molecule has 0 radical (unpaired) electrons. The van der Waals surface area contributed by atoms with Crippen LogP contribution in [0.4, 0.5) is 0 Å². The van der Waals surface area contributed by atoms with E-state index in [0.29, 0.717) is 24.4 Å². The summed E-state index contributed by atoms with van der Waals surface area (Å²) in [5.74, 6) is 1.31. The van der Waals surface area contributed by atoms with E-state index in [0.717, 1.165) is 18.7 Å². The van der Waals surface area contributed by atoms with Crippen LogP contribution in [-0.4, -0.2) is 48.5 Å². The second-order valence-corrected chi connectivity index (χ2v) is 5.91. The predicted molar refractivity (Wildman–Crippen MR) is 75.5 cm³/mol. The van der Waals surface area contributed by atoms with Crippen LogP contribution in [0.1, 0.15) is 39.0 Å². The fraction of sp³-hybridized carbons (Fsp3) is 0.923. The molecule has 1 fully saturated rings. The van der Waals surface area contributed by atoms with E-state index in [1.165, 1.54) is 19.3 Å². The third-order valence-electron chi connectivity index (χ3n) is 3.58. The maximum atomic E-state index is 12.0. The van der Waals surface area contributed by atoms with Crippen molar-refractivity contribution in [3.05, 3.63) is 0 Å². The third kappa shape index (κ3) is 5.30. The molecule has 1 heterocycles. The van der Waals surface area contributed by atoms with Gasteiger partial charge in [0.1, 0.15) is 0 Å². The first kappa shape index (κ1) is 14.8. The molecule has 0 aromatic carbocycles. The van der Waals surface area contributed by atoms with Crippen LogP contribution in [-0.2, 0) is 4.79 Å². The fourth-order valence-corrected chi connectivity index (χ4v) is 2.95. The van der Waals surface area contributed by atoms with Gasteiger partial charge in [0.15, 0.2) is 0 Å². The molecule has 1 saturated heterocycles. The summed E-state index contributed by atoms with van der Waals surface area (Å²) in [6.45, 7) is 3.24. The molecule has 4 heteroatoms. The largest absolute Gasteiger partial charge is 0.342 e. The summed E-state index contributed by atoms with van der Waals surface area (Å²) in [5.41, 5.74) is 0. The van der Waals surface area contributed by atoms with Gasteiger partial charge in [0.2, 0.25) is 5.91 Å². The summed E-state index contributed by atoms with van der Waals surface area (Å²) < 4.78 is 0. The van der Waals surface area contributed by atoms with Gasteiger partial charge >= 0.3 is 0 Å². The average Bonchev–Trinajstić information content (AvgIpc) is 2.36. The first-order chi connectivity index (χ1) is 8.15. The Morgan fingerprint density at radius 1 is 1.53 bits per heavy atom. The van der Waals surface area contributed by atoms with Crippen LogP contribution in [0.5, 0.6) is 0 Å². The zero-order valence-corrected chi connectivity index (χ0v) is 12.2. The lowest BCUT2D eigenvalue weighted by Crippen LogP contribution is -2.39. The normalized spacial score (nSPS) is 22.2. The van der Waals surface area contributed by atoms with E-state index in [2.05, 4.69) is 18.5 Å². The number of rotatable bonds is 6. The number of carbonyl (C=O) groups excluding carboxylic acids is 1. The number of amides is 1. The number of nitrogens with zero attached hydrogens (tertiary/aromatic N) is 1. The Balaban J connectivity index is 2.23. The molecule has 0 aromatic rings. The Morgan fingerprint density at radius 3 is 2.88 bits per heavy atom. The molecule has 1 aliphatic rings. The van der Waals surface area contributed by atoms with Crippen LogP contribution in [0.3, 0.4) is 0 Å². The molecular formula is C13H26N2OS. The van der Waals surface area contributed by atoms with Gasteiger partial charge in [-0.05, 0) is 39.0 Å². The summed E-state index contributed by atoms with van der Waals surface area (Å²) in [5, 5.41) is 3.49. The topological polar surface area (TPSA) is 32.3 Å². The Kier molecular flexibility index (Phi) is 6.97. The van der Waals surface area contributed by atoms with Crippen LogP contribution in [0.15, 0.2) is 0 Å². The first-order valence-corrected chi connectivity index (χ1v) is 8.02. The van der Waals surface area contributed by atoms with E-state index in [1.54, 1.807) is 11.8 Å². The Morgan fingerprint density at radius 2 is 2.29 bits per heavy atom. The van der Waals surface area contributed by atoms with Crippen molar-refractivity contribution >= 4 is 17.7 Å². The molecule has 1 amide bonds. The molecule has 2 atom stereocenters. The molecule has 100 valence electrons. The minimum Gasteiger partial charge on any atom is -0.342 e. The number of nitrogens with one attached hydrogen (secondary N) is 1. The van der Waals surface area contributed by atoms with E-state index < -0.39 is 0 Å². The van der Waals surface area contributed by atoms with Crippen molar-refractivity contribution in [2.24, 2.45) is 0 Å². The molecule has 0 aliphatic carbocycles. The second-order valence-electron chi connectivity index (χ2n) is 4.99. The number of hydrogen-bond acceptors (Lipinski definition) is 3. The second kappa shape index (κ2) is 7.98. The molecule has 1 N–H and O–H groups in total. The van der Waals surface area contributed by atoms with E-state index in [4.69, 9.17) is 0 Å². The molecule has 0 saturated carbocycles. The van der Waals surface area contributed by atoms with Crippen molar-refractivity contribution in [3.8, 4) is 0 Å². The fourth-order valence-electron chi connectivity index (χ4n) is 2.24. The molecule has 1 rings (SSSR count). The summed E-state index contributed by atoms with van der Waals surface area (Å²) in [7, 11) is 1.93. The van der Waals surface area contributed by atoms with Gasteiger partial charge in [-0.25, -0.2) is 0 Å². The van der Waals surface area contributed by atoms with E-state index in [9.17, 15) is 4.79 Å². The predicted octanol–water partition coefficient (Wildman–Crippen LogP) is 2.12. The minimum atomic E-state index is 0.291. The van der Waals surface area contributed by atoms with Gasteiger partial charge in [-0.15, -0.1) is 0 Å². The van der Waals surface area contributed by atoms with Crippen LogP contribution in [0, 0.1) is 0 Å². The number of thioether (sulfide) groups is 1. The highest BCUT2D eigenvalue weighted by Gasteiger charge is 2.18. The summed E-state index contributed by atoms with van der Waals surface area (Å²) >= 11 is 1.80. The maximum Gasteiger partial charge on any atom is 0.222 e. The van der Waals surface area contributed by atoms with Gasteiger partial charge < -0.3 is 10.2 Å². The van der Waals surface area contributed by atoms with Gasteiger partial charge in [0, 0.05) is 31.3 Å². The third-order valence-corrected chi connectivity index (χ3v) is 4.40. The standard InChI is InChI=1S/C13H26N2OS/c1-11(10-17-3)15(2)13(16)8-7-12-6-4-5-9-14-12/h11-12,14H,4-10H2,1-3H3. The number of carbonyl (C=O) groups is 1. The highest BCUT2D eigenvalue weighted by Crippen LogP contribution is 2.13. The zero-order chi connectivity index (χ0) is 12.7. The Labute approximate surface area is 110 Å². The molecule has 0 bridgehead atoms. The molecule has 0 aromatic heterocycles. The van der Waals surface area contributed by atoms with Gasteiger partial charge in [0.25, 0.3) is 0 Å². The molecule has 17 heavy (non-hydrogen) atoms. The Hall–Kier alpha value is -0.220. The Bertz CT molecular complexity index is 229. The zero-order valence-electron chi connectivity index (χ0n) is 11.4. The monoisotopic (exact) mass is 258 g/mol. The van der Waals surface area contributed by atoms with Crippen molar-refractivity contribution in [1.82, 2.24) is 10.2 Å². The highest BCUT2D eigenvalue weighted by molar-refractivity contribution is 7.98. The van der Waals surface area contributed by atoms with Crippen molar-refractivity contribution in [1.29, 1.82) is 0 Å². The van der Waals surface area contributed by atoms with Crippen molar-refractivity contribution in [3.63, 3.8) is 0 Å². The summed E-state index contributed by atoms with van der Waals surface area (Å²) in [4.78, 5) is 13.9. The lowest BCUT2D eigenvalue weighted by atomic mass is 10.0. The average molecular weight is 258 g/mol. The minimum absolute atomic E-state index is 0.291. The van der Waals surface area contributed by atoms with Gasteiger partial charge in [0.05, 0.1) is 0 Å². The summed E-state index contributed by atoms with van der Waals surface area (Å²) in [6, 6.07) is 0.911. The molecule has 0 spiro atoms. The maximum absolute atomic E-state index is 12.0. The van der Waals surface area contributed by atoms with Gasteiger partial charge in [-0.2, -0.15) is 11.8 Å². The molecule has 3 nitrogen and oxygen atoms in total. The highest BCUT2D eigenvalue weighted by atomic mass is 32.2. The molecule has 2 unspecified atom stereocenters. The van der Waals surface area contributed by atoms with E-state index >= 15 is 0 Å². The van der Waals surface area contributed by atoms with Crippen LogP contribution in [0.25, 0.3) is 0 Å². The van der Waals surface area contributed by atoms with E-state index in [-0.39, 0.29) is 0 Å². The quantitative estimate of drug-likeness (QED) is 0.792. The van der Waals surface area contributed by atoms with Crippen LogP contribution < -0.4 is 5.32 Å². The molecular weight excluding hydrogens is 232 g/mol.